The van der Waals surface area contributed by atoms with E-state index in [1.165, 1.54) is 25.4 Å². The third-order valence-electron chi connectivity index (χ3n) is 6.06. The molecule has 0 aliphatic carbocycles. The molecule has 0 fully saturated rings. The summed E-state index contributed by atoms with van der Waals surface area (Å²) in [5.74, 6) is -1.27. The molecule has 0 saturated heterocycles. The predicted molar refractivity (Wildman–Crippen MR) is 151 cm³/mol. The van der Waals surface area contributed by atoms with E-state index in [1.807, 2.05) is 38.1 Å². The van der Waals surface area contributed by atoms with E-state index in [0.717, 1.165) is 55.8 Å². The number of hydrogen-bond donors (Lipinski definition) is 2. The van der Waals surface area contributed by atoms with Crippen LogP contribution in [0.4, 0.5) is 10.3 Å². The lowest BCUT2D eigenvalue weighted by atomic mass is 9.94. The first-order valence-corrected chi connectivity index (χ1v) is 14.9. The van der Waals surface area contributed by atoms with Crippen molar-refractivity contribution in [1.82, 2.24) is 20.3 Å². The first kappa shape index (κ1) is 30.6. The number of aryl methyl sites for hydroxylation is 1. The number of unbranched alkanes of at least 4 members (excludes halogenated alkanes) is 3. The number of carbonyl (C=O) groups excluding carboxylic acids is 1. The minimum atomic E-state index is -4.17. The zero-order valence-electron chi connectivity index (χ0n) is 22.2. The normalized spacial score (nSPS) is 11.8. The van der Waals surface area contributed by atoms with Gasteiger partial charge in [-0.2, -0.15) is 12.8 Å². The van der Waals surface area contributed by atoms with E-state index in [-0.39, 0.29) is 11.9 Å². The van der Waals surface area contributed by atoms with Gasteiger partial charge < -0.3 is 10.1 Å². The number of aromatic nitrogens is 3. The van der Waals surface area contributed by atoms with Gasteiger partial charge in [0.25, 0.3) is 10.0 Å². The number of esters is 1. The molecule has 0 amide bonds. The lowest BCUT2D eigenvalue weighted by molar-refractivity contribution is -0.150. The van der Waals surface area contributed by atoms with Crippen LogP contribution >= 0.6 is 15.9 Å². The molecule has 0 aliphatic rings. The molecule has 0 radical (unpaired) electrons. The molecule has 2 heterocycles. The smallest absolute Gasteiger partial charge is 0.312 e. The van der Waals surface area contributed by atoms with Gasteiger partial charge in [-0.25, -0.2) is 19.7 Å². The van der Waals surface area contributed by atoms with Crippen molar-refractivity contribution >= 4 is 37.9 Å². The maximum atomic E-state index is 13.4. The van der Waals surface area contributed by atoms with Crippen molar-refractivity contribution in [3.05, 3.63) is 64.6 Å². The van der Waals surface area contributed by atoms with Crippen molar-refractivity contribution in [1.29, 1.82) is 0 Å². The summed E-state index contributed by atoms with van der Waals surface area (Å²) >= 11 is 3.48. The number of rotatable bonds is 14. The van der Waals surface area contributed by atoms with Gasteiger partial charge in [-0.1, -0.05) is 43.2 Å². The third kappa shape index (κ3) is 8.77. The first-order valence-electron chi connectivity index (χ1n) is 12.6. The summed E-state index contributed by atoms with van der Waals surface area (Å²) in [6.45, 7) is 5.12. The Morgan fingerprint density at radius 1 is 1.05 bits per heavy atom. The lowest BCUT2D eigenvalue weighted by Crippen LogP contribution is -2.37. The minimum absolute atomic E-state index is 0.142. The van der Waals surface area contributed by atoms with Gasteiger partial charge in [0.15, 0.2) is 5.03 Å². The van der Waals surface area contributed by atoms with Gasteiger partial charge >= 0.3 is 5.97 Å². The van der Waals surface area contributed by atoms with E-state index >= 15 is 0 Å². The molecule has 2 aromatic heterocycles. The summed E-state index contributed by atoms with van der Waals surface area (Å²) in [5, 5.41) is 2.87. The summed E-state index contributed by atoms with van der Waals surface area (Å²) in [6, 6.07) is 11.3. The Kier molecular flexibility index (Phi) is 10.9. The third-order valence-corrected chi connectivity index (χ3v) is 7.87. The predicted octanol–water partition coefficient (Wildman–Crippen LogP) is 5.13. The Bertz CT molecular complexity index is 1390. The van der Waals surface area contributed by atoms with Crippen molar-refractivity contribution in [3.8, 4) is 11.3 Å². The summed E-state index contributed by atoms with van der Waals surface area (Å²) in [7, 11) is -2.77. The van der Waals surface area contributed by atoms with Gasteiger partial charge in [0, 0.05) is 18.3 Å². The lowest BCUT2D eigenvalue weighted by Gasteiger charge is -2.21. The maximum Gasteiger partial charge on any atom is 0.312 e. The number of carbonyl (C=O) groups is 1. The second-order valence-corrected chi connectivity index (χ2v) is 12.2. The van der Waals surface area contributed by atoms with Gasteiger partial charge in [-0.15, -0.1) is 0 Å². The van der Waals surface area contributed by atoms with E-state index in [2.05, 4.69) is 40.9 Å². The fourth-order valence-corrected chi connectivity index (χ4v) is 5.27. The molecular weight excluding hydrogens is 589 g/mol. The largest absolute Gasteiger partial charge is 0.469 e. The fourth-order valence-electron chi connectivity index (χ4n) is 3.95. The fraction of sp³-hybridized carbons (Fsp3) is 0.407. The van der Waals surface area contributed by atoms with Gasteiger partial charge in [0.1, 0.15) is 0 Å². The number of nitrogens with zero attached hydrogens (tertiary/aromatic N) is 3. The van der Waals surface area contributed by atoms with E-state index < -0.39 is 26.4 Å². The van der Waals surface area contributed by atoms with Crippen LogP contribution in [0.15, 0.2) is 58.2 Å². The highest BCUT2D eigenvalue weighted by Gasteiger charge is 2.27. The van der Waals surface area contributed by atoms with Crippen molar-refractivity contribution in [3.63, 3.8) is 0 Å². The highest BCUT2D eigenvalue weighted by molar-refractivity contribution is 9.10. The van der Waals surface area contributed by atoms with Crippen LogP contribution in [0, 0.1) is 11.4 Å². The minimum Gasteiger partial charge on any atom is -0.469 e. The number of methoxy groups -OCH3 is 1. The van der Waals surface area contributed by atoms with Gasteiger partial charge in [0.2, 0.25) is 11.9 Å². The number of hydrogen-bond acceptors (Lipinski definition) is 8. The molecule has 0 unspecified atom stereocenters. The molecule has 0 saturated carbocycles. The van der Waals surface area contributed by atoms with Gasteiger partial charge in [0.05, 0.1) is 22.7 Å². The van der Waals surface area contributed by atoms with Crippen molar-refractivity contribution in [2.45, 2.75) is 51.0 Å². The highest BCUT2D eigenvalue weighted by Crippen LogP contribution is 2.30. The highest BCUT2D eigenvalue weighted by atomic mass is 79.9. The number of pyridine rings is 1. The molecular formula is C27H33BrFN5O4S. The van der Waals surface area contributed by atoms with E-state index in [4.69, 9.17) is 4.74 Å². The average molecular weight is 623 g/mol. The zero-order valence-corrected chi connectivity index (χ0v) is 24.6. The Balaban J connectivity index is 1.58. The second kappa shape index (κ2) is 13.9. The Hall–Kier alpha value is -2.96. The number of sulfonamides is 1. The van der Waals surface area contributed by atoms with Gasteiger partial charge in [-0.05, 0) is 73.3 Å². The summed E-state index contributed by atoms with van der Waals surface area (Å²) < 4.78 is 46.5. The topological polar surface area (TPSA) is 123 Å². The molecule has 0 bridgehead atoms. The Labute approximate surface area is 237 Å². The summed E-state index contributed by atoms with van der Waals surface area (Å²) in [4.78, 5) is 23.7. The van der Waals surface area contributed by atoms with Gasteiger partial charge in [-0.3, -0.25) is 4.79 Å². The van der Waals surface area contributed by atoms with Crippen molar-refractivity contribution in [2.24, 2.45) is 5.41 Å². The Morgan fingerprint density at radius 3 is 2.54 bits per heavy atom. The monoisotopic (exact) mass is 621 g/mol. The summed E-state index contributed by atoms with van der Waals surface area (Å²) in [5.41, 5.74) is 1.94. The van der Waals surface area contributed by atoms with Crippen LogP contribution in [0.3, 0.4) is 0 Å². The van der Waals surface area contributed by atoms with Crippen LogP contribution < -0.4 is 10.0 Å². The number of ether oxygens (including phenoxy) is 1. The number of halogens is 2. The standard InChI is InChI=1S/C27H33BrFN5O4S/c1-27(2,25(35)38-3)18-30-16-9-5-4-6-11-19-12-7-8-13-20(19)24-21(28)17-31-26(33-24)34-39(36,37)23-15-10-14-22(29)32-23/h7-8,10,12-15,17,30H,4-6,9,11,16,18H2,1-3H3,(H,31,33,34). The molecule has 0 spiro atoms. The maximum absolute atomic E-state index is 13.4. The van der Waals surface area contributed by atoms with Crippen LogP contribution in [-0.4, -0.2) is 49.5 Å². The van der Waals surface area contributed by atoms with Crippen molar-refractivity contribution < 1.29 is 22.3 Å². The molecule has 210 valence electrons. The molecule has 3 aromatic rings. The molecule has 9 nitrogen and oxygen atoms in total. The van der Waals surface area contributed by atoms with Crippen LogP contribution in [0.5, 0.6) is 0 Å². The molecule has 1 aromatic carbocycles. The molecule has 39 heavy (non-hydrogen) atoms. The quantitative estimate of drug-likeness (QED) is 0.144. The zero-order chi connectivity index (χ0) is 28.5. The molecule has 12 heteroatoms. The SMILES string of the molecule is COC(=O)C(C)(C)CNCCCCCCc1ccccc1-c1nc(NS(=O)(=O)c2cccc(F)n2)ncc1Br. The number of nitrogens with one attached hydrogen (secondary N) is 2. The summed E-state index contributed by atoms with van der Waals surface area (Å²) in [6.07, 6.45) is 6.35. The first-order chi connectivity index (χ1) is 18.5. The van der Waals surface area contributed by atoms with Crippen LogP contribution in [0.25, 0.3) is 11.3 Å². The van der Waals surface area contributed by atoms with Crippen LogP contribution in [0.2, 0.25) is 0 Å². The molecule has 3 rings (SSSR count). The van der Waals surface area contributed by atoms with Crippen LogP contribution in [0.1, 0.15) is 45.1 Å². The number of anilines is 1. The van der Waals surface area contributed by atoms with E-state index in [1.54, 1.807) is 0 Å². The van der Waals surface area contributed by atoms with E-state index in [0.29, 0.717) is 16.7 Å². The second-order valence-electron chi connectivity index (χ2n) is 9.67. The Morgan fingerprint density at radius 2 is 1.79 bits per heavy atom. The molecule has 0 atom stereocenters. The van der Waals surface area contributed by atoms with Crippen molar-refractivity contribution in [2.75, 3.05) is 24.9 Å². The van der Waals surface area contributed by atoms with E-state index in [9.17, 15) is 17.6 Å². The average Bonchev–Trinajstić information content (AvgIpc) is 2.91. The number of benzene rings is 1. The molecule has 2 N–H and O–H groups in total. The molecule has 0 aliphatic heterocycles. The van der Waals surface area contributed by atoms with Crippen LogP contribution in [-0.2, 0) is 26.0 Å².